The summed E-state index contributed by atoms with van der Waals surface area (Å²) in [5.41, 5.74) is 3.85. The average Bonchev–Trinajstić information content (AvgIpc) is 3.71. The molecule has 3 aromatic rings. The first-order valence-electron chi connectivity index (χ1n) is 15.3. The zero-order valence-corrected chi connectivity index (χ0v) is 26.4. The molecular weight excluding hydrogens is 558 g/mol. The fourth-order valence-corrected chi connectivity index (χ4v) is 5.96. The summed E-state index contributed by atoms with van der Waals surface area (Å²) >= 11 is 0. The summed E-state index contributed by atoms with van der Waals surface area (Å²) < 4.78 is 12.8. The summed E-state index contributed by atoms with van der Waals surface area (Å²) in [6, 6.07) is 15.3. The lowest BCUT2D eigenvalue weighted by Gasteiger charge is -2.45. The van der Waals surface area contributed by atoms with E-state index in [2.05, 4.69) is 17.3 Å². The number of fused-ring (bicyclic) bond motifs is 1. The van der Waals surface area contributed by atoms with E-state index in [1.54, 1.807) is 24.9 Å². The fourth-order valence-electron chi connectivity index (χ4n) is 5.96. The number of ether oxygens (including phenoxy) is 2. The van der Waals surface area contributed by atoms with Crippen LogP contribution in [0.1, 0.15) is 64.6 Å². The molecule has 1 aliphatic carbocycles. The highest BCUT2D eigenvalue weighted by Gasteiger charge is 2.48. The van der Waals surface area contributed by atoms with Crippen LogP contribution in [0.15, 0.2) is 60.9 Å². The summed E-state index contributed by atoms with van der Waals surface area (Å²) in [7, 11) is 1.71. The molecule has 0 radical (unpaired) electrons. The van der Waals surface area contributed by atoms with Gasteiger partial charge in [0.1, 0.15) is 12.2 Å². The Labute approximate surface area is 259 Å². The molecule has 0 saturated heterocycles. The summed E-state index contributed by atoms with van der Waals surface area (Å²) in [5, 5.41) is 7.66. The Hall–Kier alpha value is -4.34. The lowest BCUT2D eigenvalue weighted by Crippen LogP contribution is -2.53. The highest BCUT2D eigenvalue weighted by atomic mass is 16.6. The standard InChI is InChI=1S/C34H43N5O5/c1-22-30(36-32(41)43-21-24-10-8-7-9-11-24)28-18-26(14-15-29(28)39(23(2)40)31(22)25-12-13-25)27-19-35-38(20-27)17-16-37(6)33(42)44-34(3,4)5/h7-11,14-15,18-20,22,25,30-31H,12-13,16-17,21H2,1-6H3,(H,36,41)/t22-,30?,31?/m1/s1. The topological polar surface area (TPSA) is 106 Å². The average molecular weight is 602 g/mol. The third-order valence-corrected chi connectivity index (χ3v) is 8.25. The van der Waals surface area contributed by atoms with E-state index in [0.717, 1.165) is 40.8 Å². The smallest absolute Gasteiger partial charge is 0.410 e. The molecule has 0 spiro atoms. The molecule has 1 N–H and O–H groups in total. The van der Waals surface area contributed by atoms with Gasteiger partial charge in [0.25, 0.3) is 0 Å². The van der Waals surface area contributed by atoms with E-state index < -0.39 is 11.7 Å². The van der Waals surface area contributed by atoms with Crippen molar-refractivity contribution >= 4 is 23.8 Å². The number of amides is 3. The van der Waals surface area contributed by atoms with Crippen LogP contribution in [0.2, 0.25) is 0 Å². The lowest BCUT2D eigenvalue weighted by molar-refractivity contribution is -0.117. The number of likely N-dealkylation sites (N-methyl/N-ethyl adjacent to an activating group) is 1. The maximum atomic E-state index is 13.1. The van der Waals surface area contributed by atoms with Crippen molar-refractivity contribution < 1.29 is 23.9 Å². The number of nitrogens with zero attached hydrogens (tertiary/aromatic N) is 4. The van der Waals surface area contributed by atoms with Gasteiger partial charge in [-0.2, -0.15) is 5.10 Å². The second-order valence-corrected chi connectivity index (χ2v) is 12.9. The SMILES string of the molecule is CC(=O)N1c2ccc(-c3cnn(CCN(C)C(=O)OC(C)(C)C)c3)cc2C(NC(=O)OCc2ccccc2)[C@@H](C)C1C1CC1. The van der Waals surface area contributed by atoms with Crippen LogP contribution in [0.4, 0.5) is 15.3 Å². The number of carbonyl (C=O) groups is 3. The molecule has 2 unspecified atom stereocenters. The molecule has 3 atom stereocenters. The molecule has 10 nitrogen and oxygen atoms in total. The first kappa shape index (κ1) is 31.1. The molecule has 44 heavy (non-hydrogen) atoms. The highest BCUT2D eigenvalue weighted by molar-refractivity contribution is 5.94. The van der Waals surface area contributed by atoms with Crippen molar-refractivity contribution in [2.45, 2.75) is 78.3 Å². The normalized spacial score (nSPS) is 19.6. The monoisotopic (exact) mass is 601 g/mol. The Kier molecular flexibility index (Phi) is 8.99. The van der Waals surface area contributed by atoms with Gasteiger partial charge >= 0.3 is 12.2 Å². The van der Waals surface area contributed by atoms with Gasteiger partial charge < -0.3 is 24.6 Å². The number of nitrogens with one attached hydrogen (secondary N) is 1. The fraction of sp³-hybridized carbons (Fsp3) is 0.471. The maximum absolute atomic E-state index is 13.1. The molecule has 1 fully saturated rings. The molecule has 3 amide bonds. The first-order valence-corrected chi connectivity index (χ1v) is 15.3. The minimum Gasteiger partial charge on any atom is -0.445 e. The Morgan fingerprint density at radius 1 is 1.07 bits per heavy atom. The van der Waals surface area contributed by atoms with Crippen LogP contribution in [-0.2, 0) is 27.4 Å². The molecule has 10 heteroatoms. The summed E-state index contributed by atoms with van der Waals surface area (Å²) in [6.45, 7) is 10.3. The summed E-state index contributed by atoms with van der Waals surface area (Å²) in [4.78, 5) is 41.9. The van der Waals surface area contributed by atoms with Crippen LogP contribution in [0, 0.1) is 11.8 Å². The minimum absolute atomic E-state index is 0.00464. The number of benzene rings is 2. The van der Waals surface area contributed by atoms with Crippen LogP contribution >= 0.6 is 0 Å². The number of rotatable bonds is 8. The number of aromatic nitrogens is 2. The van der Waals surface area contributed by atoms with Gasteiger partial charge in [-0.25, -0.2) is 9.59 Å². The lowest BCUT2D eigenvalue weighted by atomic mass is 9.79. The maximum Gasteiger partial charge on any atom is 0.410 e. The summed E-state index contributed by atoms with van der Waals surface area (Å²) in [6.07, 6.45) is 4.99. The Bertz CT molecular complexity index is 1490. The van der Waals surface area contributed by atoms with Crippen LogP contribution in [0.25, 0.3) is 11.1 Å². The molecule has 1 aliphatic heterocycles. The van der Waals surface area contributed by atoms with Crippen molar-refractivity contribution in [3.8, 4) is 11.1 Å². The van der Waals surface area contributed by atoms with Gasteiger partial charge in [0.15, 0.2) is 0 Å². The molecular formula is C34H43N5O5. The minimum atomic E-state index is -0.559. The van der Waals surface area contributed by atoms with Crippen molar-refractivity contribution in [2.24, 2.45) is 11.8 Å². The van der Waals surface area contributed by atoms with E-state index >= 15 is 0 Å². The van der Waals surface area contributed by atoms with Crippen molar-refractivity contribution in [2.75, 3.05) is 18.5 Å². The summed E-state index contributed by atoms with van der Waals surface area (Å²) in [5.74, 6) is 0.378. The molecule has 2 heterocycles. The van der Waals surface area contributed by atoms with E-state index in [-0.39, 0.29) is 36.6 Å². The van der Waals surface area contributed by atoms with Gasteiger partial charge in [-0.15, -0.1) is 0 Å². The molecule has 5 rings (SSSR count). The number of anilines is 1. The van der Waals surface area contributed by atoms with Crippen LogP contribution in [-0.4, -0.2) is 58.0 Å². The van der Waals surface area contributed by atoms with Crippen molar-refractivity contribution in [3.63, 3.8) is 0 Å². The van der Waals surface area contributed by atoms with Gasteiger partial charge in [-0.1, -0.05) is 43.3 Å². The predicted molar refractivity (Wildman–Crippen MR) is 168 cm³/mol. The van der Waals surface area contributed by atoms with E-state index in [0.29, 0.717) is 19.0 Å². The molecule has 1 saturated carbocycles. The van der Waals surface area contributed by atoms with Gasteiger partial charge in [-0.05, 0) is 68.4 Å². The van der Waals surface area contributed by atoms with Gasteiger partial charge in [-0.3, -0.25) is 9.48 Å². The number of carbonyl (C=O) groups excluding carboxylic acids is 3. The molecule has 234 valence electrons. The zero-order valence-electron chi connectivity index (χ0n) is 26.4. The van der Waals surface area contributed by atoms with Gasteiger partial charge in [0, 0.05) is 49.9 Å². The van der Waals surface area contributed by atoms with Gasteiger partial charge in [0.2, 0.25) is 5.91 Å². The quantitative estimate of drug-likeness (QED) is 0.331. The molecule has 1 aromatic heterocycles. The Balaban J connectivity index is 1.37. The Morgan fingerprint density at radius 3 is 2.45 bits per heavy atom. The third kappa shape index (κ3) is 7.23. The Morgan fingerprint density at radius 2 is 1.80 bits per heavy atom. The number of hydrogen-bond donors (Lipinski definition) is 1. The van der Waals surface area contributed by atoms with E-state index in [1.807, 2.05) is 80.4 Å². The first-order chi connectivity index (χ1) is 20.9. The van der Waals surface area contributed by atoms with Crippen molar-refractivity contribution in [1.29, 1.82) is 0 Å². The second-order valence-electron chi connectivity index (χ2n) is 12.9. The largest absolute Gasteiger partial charge is 0.445 e. The highest BCUT2D eigenvalue weighted by Crippen LogP contribution is 2.49. The van der Waals surface area contributed by atoms with E-state index in [9.17, 15) is 14.4 Å². The van der Waals surface area contributed by atoms with Crippen molar-refractivity contribution in [3.05, 3.63) is 72.1 Å². The second kappa shape index (κ2) is 12.7. The predicted octanol–water partition coefficient (Wildman–Crippen LogP) is 6.17. The van der Waals surface area contributed by atoms with Crippen LogP contribution in [0.5, 0.6) is 0 Å². The molecule has 0 bridgehead atoms. The van der Waals surface area contributed by atoms with Crippen LogP contribution in [0.3, 0.4) is 0 Å². The van der Waals surface area contributed by atoms with Crippen molar-refractivity contribution in [1.82, 2.24) is 20.0 Å². The molecule has 2 aromatic carbocycles. The molecule has 2 aliphatic rings. The van der Waals surface area contributed by atoms with Gasteiger partial charge in [0.05, 0.1) is 18.8 Å². The van der Waals surface area contributed by atoms with E-state index in [4.69, 9.17) is 9.47 Å². The third-order valence-electron chi connectivity index (χ3n) is 8.25. The zero-order chi connectivity index (χ0) is 31.6. The number of alkyl carbamates (subject to hydrolysis) is 1. The van der Waals surface area contributed by atoms with E-state index in [1.165, 1.54) is 4.90 Å². The van der Waals surface area contributed by atoms with Crippen LogP contribution < -0.4 is 10.2 Å². The number of hydrogen-bond acceptors (Lipinski definition) is 6.